The average molecular weight is 292 g/mol. The lowest BCUT2D eigenvalue weighted by Gasteiger charge is -2.11. The number of anilines is 2. The van der Waals surface area contributed by atoms with Crippen molar-refractivity contribution in [3.63, 3.8) is 0 Å². The molecule has 20 heavy (non-hydrogen) atoms. The highest BCUT2D eigenvalue weighted by atomic mass is 32.1. The van der Waals surface area contributed by atoms with E-state index < -0.39 is 0 Å². The summed E-state index contributed by atoms with van der Waals surface area (Å²) in [5, 5.41) is 5.37. The van der Waals surface area contributed by atoms with E-state index in [9.17, 15) is 0 Å². The number of aromatic nitrogens is 2. The van der Waals surface area contributed by atoms with Gasteiger partial charge in [-0.2, -0.15) is 4.98 Å². The molecule has 108 valence electrons. The Labute approximate surface area is 123 Å². The molecule has 0 aromatic carbocycles. The van der Waals surface area contributed by atoms with Crippen LogP contribution in [0.25, 0.3) is 0 Å². The summed E-state index contributed by atoms with van der Waals surface area (Å²) in [6, 6.07) is 2.15. The first-order chi connectivity index (χ1) is 9.76. The summed E-state index contributed by atoms with van der Waals surface area (Å²) in [6.45, 7) is 5.52. The van der Waals surface area contributed by atoms with E-state index in [0.29, 0.717) is 24.0 Å². The van der Waals surface area contributed by atoms with Gasteiger partial charge < -0.3 is 15.8 Å². The fraction of sp³-hybridized carbons (Fsp3) is 0.429. The monoisotopic (exact) mass is 292 g/mol. The molecule has 2 aromatic heterocycles. The van der Waals surface area contributed by atoms with Gasteiger partial charge in [-0.1, -0.05) is 13.8 Å². The highest BCUT2D eigenvalue weighted by molar-refractivity contribution is 7.10. The molecular formula is C14H20N4OS. The zero-order chi connectivity index (χ0) is 14.4. The molecule has 6 heteroatoms. The standard InChI is InChI=1S/C14H20N4OS/c1-3-6-19-14-12(15)13(17-9-18-14)16-8-11-10(4-2)5-7-20-11/h5,7,9H,3-4,6,8,15H2,1-2H3,(H,16,17,18). The minimum atomic E-state index is 0.450. The van der Waals surface area contributed by atoms with Crippen LogP contribution in [0.2, 0.25) is 0 Å². The lowest BCUT2D eigenvalue weighted by atomic mass is 10.2. The Hall–Kier alpha value is -1.82. The van der Waals surface area contributed by atoms with Gasteiger partial charge in [0, 0.05) is 4.88 Å². The second kappa shape index (κ2) is 7.09. The van der Waals surface area contributed by atoms with Crippen LogP contribution >= 0.6 is 11.3 Å². The molecule has 2 rings (SSSR count). The molecule has 3 N–H and O–H groups in total. The number of nitrogens with one attached hydrogen (secondary N) is 1. The normalized spacial score (nSPS) is 10.5. The number of thiophene rings is 1. The molecule has 0 atom stereocenters. The quantitative estimate of drug-likeness (QED) is 0.820. The summed E-state index contributed by atoms with van der Waals surface area (Å²) < 4.78 is 5.50. The minimum absolute atomic E-state index is 0.450. The van der Waals surface area contributed by atoms with Gasteiger partial charge in [0.05, 0.1) is 13.2 Å². The summed E-state index contributed by atoms with van der Waals surface area (Å²) in [5.41, 5.74) is 7.85. The third-order valence-electron chi connectivity index (χ3n) is 2.93. The number of ether oxygens (including phenoxy) is 1. The van der Waals surface area contributed by atoms with Crippen LogP contribution in [0.15, 0.2) is 17.8 Å². The second-order valence-electron chi connectivity index (χ2n) is 4.37. The van der Waals surface area contributed by atoms with Crippen molar-refractivity contribution < 1.29 is 4.74 Å². The number of nitrogens with two attached hydrogens (primary N) is 1. The summed E-state index contributed by atoms with van der Waals surface area (Å²) in [7, 11) is 0. The molecule has 0 aliphatic carbocycles. The van der Waals surface area contributed by atoms with E-state index >= 15 is 0 Å². The van der Waals surface area contributed by atoms with Gasteiger partial charge in [-0.05, 0) is 29.9 Å². The van der Waals surface area contributed by atoms with Crippen molar-refractivity contribution >= 4 is 22.8 Å². The number of rotatable bonds is 7. The van der Waals surface area contributed by atoms with Crippen LogP contribution in [-0.4, -0.2) is 16.6 Å². The first-order valence-corrected chi connectivity index (χ1v) is 7.66. The molecular weight excluding hydrogens is 272 g/mol. The first-order valence-electron chi connectivity index (χ1n) is 6.78. The molecule has 0 radical (unpaired) electrons. The van der Waals surface area contributed by atoms with Gasteiger partial charge in [-0.3, -0.25) is 0 Å². The molecule has 2 aromatic rings. The van der Waals surface area contributed by atoms with Crippen LogP contribution < -0.4 is 15.8 Å². The van der Waals surface area contributed by atoms with Gasteiger partial charge in [0.25, 0.3) is 0 Å². The van der Waals surface area contributed by atoms with Gasteiger partial charge >= 0.3 is 0 Å². The molecule has 0 spiro atoms. The van der Waals surface area contributed by atoms with Gasteiger partial charge in [-0.25, -0.2) is 4.98 Å². The summed E-state index contributed by atoms with van der Waals surface area (Å²) >= 11 is 1.74. The van der Waals surface area contributed by atoms with Crippen LogP contribution in [0.5, 0.6) is 5.88 Å². The average Bonchev–Trinajstić information content (AvgIpc) is 2.92. The zero-order valence-corrected chi connectivity index (χ0v) is 12.7. The third-order valence-corrected chi connectivity index (χ3v) is 3.89. The minimum Gasteiger partial charge on any atom is -0.476 e. The molecule has 0 saturated heterocycles. The van der Waals surface area contributed by atoms with E-state index in [4.69, 9.17) is 10.5 Å². The maximum absolute atomic E-state index is 6.03. The predicted octanol–water partition coefficient (Wildman–Crippen LogP) is 3.08. The zero-order valence-electron chi connectivity index (χ0n) is 11.8. The lowest BCUT2D eigenvalue weighted by Crippen LogP contribution is -2.08. The topological polar surface area (TPSA) is 73.1 Å². The van der Waals surface area contributed by atoms with E-state index in [1.165, 1.54) is 16.8 Å². The number of nitrogen functional groups attached to an aromatic ring is 1. The van der Waals surface area contributed by atoms with Crippen LogP contribution in [0, 0.1) is 0 Å². The summed E-state index contributed by atoms with van der Waals surface area (Å²) in [6.07, 6.45) is 3.42. The highest BCUT2D eigenvalue weighted by Gasteiger charge is 2.10. The van der Waals surface area contributed by atoms with Crippen LogP contribution in [-0.2, 0) is 13.0 Å². The highest BCUT2D eigenvalue weighted by Crippen LogP contribution is 2.26. The van der Waals surface area contributed by atoms with Gasteiger partial charge in [0.2, 0.25) is 5.88 Å². The Kier molecular flexibility index (Phi) is 5.17. The van der Waals surface area contributed by atoms with Crippen molar-refractivity contribution in [2.24, 2.45) is 0 Å². The SMILES string of the molecule is CCCOc1ncnc(NCc2sccc2CC)c1N. The molecule has 0 aliphatic heterocycles. The number of hydrogen-bond acceptors (Lipinski definition) is 6. The summed E-state index contributed by atoms with van der Waals surface area (Å²) in [4.78, 5) is 9.55. The van der Waals surface area contributed by atoms with Gasteiger partial charge in [-0.15, -0.1) is 11.3 Å². The second-order valence-corrected chi connectivity index (χ2v) is 5.37. The van der Waals surface area contributed by atoms with Crippen LogP contribution in [0.1, 0.15) is 30.7 Å². The molecule has 0 fully saturated rings. The van der Waals surface area contributed by atoms with Crippen molar-refractivity contribution in [1.82, 2.24) is 9.97 Å². The Morgan fingerprint density at radius 1 is 1.35 bits per heavy atom. The van der Waals surface area contributed by atoms with Crippen molar-refractivity contribution in [2.45, 2.75) is 33.2 Å². The summed E-state index contributed by atoms with van der Waals surface area (Å²) in [5.74, 6) is 1.08. The molecule has 2 heterocycles. The molecule has 0 amide bonds. The van der Waals surface area contributed by atoms with E-state index in [0.717, 1.165) is 19.4 Å². The van der Waals surface area contributed by atoms with E-state index in [1.807, 2.05) is 6.92 Å². The first kappa shape index (κ1) is 14.6. The van der Waals surface area contributed by atoms with E-state index in [2.05, 4.69) is 33.7 Å². The lowest BCUT2D eigenvalue weighted by molar-refractivity contribution is 0.306. The van der Waals surface area contributed by atoms with Crippen LogP contribution in [0.3, 0.4) is 0 Å². The van der Waals surface area contributed by atoms with Crippen molar-refractivity contribution in [1.29, 1.82) is 0 Å². The Bertz CT molecular complexity index is 556. The molecule has 0 bridgehead atoms. The van der Waals surface area contributed by atoms with Crippen molar-refractivity contribution in [3.05, 3.63) is 28.2 Å². The van der Waals surface area contributed by atoms with Gasteiger partial charge in [0.15, 0.2) is 5.82 Å². The van der Waals surface area contributed by atoms with E-state index in [-0.39, 0.29) is 0 Å². The predicted molar refractivity (Wildman–Crippen MR) is 83.3 cm³/mol. The number of hydrogen-bond donors (Lipinski definition) is 2. The fourth-order valence-corrected chi connectivity index (χ4v) is 2.75. The number of nitrogens with zero attached hydrogens (tertiary/aromatic N) is 2. The molecule has 5 nitrogen and oxygen atoms in total. The third kappa shape index (κ3) is 3.39. The smallest absolute Gasteiger partial charge is 0.242 e. The van der Waals surface area contributed by atoms with E-state index in [1.54, 1.807) is 11.3 Å². The number of aryl methyl sites for hydroxylation is 1. The van der Waals surface area contributed by atoms with Crippen molar-refractivity contribution in [2.75, 3.05) is 17.7 Å². The van der Waals surface area contributed by atoms with Crippen LogP contribution in [0.4, 0.5) is 11.5 Å². The van der Waals surface area contributed by atoms with Gasteiger partial charge in [0.1, 0.15) is 12.0 Å². The van der Waals surface area contributed by atoms with Crippen molar-refractivity contribution in [3.8, 4) is 5.88 Å². The molecule has 0 saturated carbocycles. The Morgan fingerprint density at radius 2 is 2.20 bits per heavy atom. The Morgan fingerprint density at radius 3 is 2.95 bits per heavy atom. The largest absolute Gasteiger partial charge is 0.476 e. The maximum atomic E-state index is 6.03. The Balaban J connectivity index is 2.06. The fourth-order valence-electron chi connectivity index (χ4n) is 1.84. The molecule has 0 unspecified atom stereocenters. The molecule has 0 aliphatic rings. The maximum Gasteiger partial charge on any atom is 0.242 e.